The Kier molecular flexibility index (Phi) is 9.20. The number of rotatable bonds is 10. The van der Waals surface area contributed by atoms with Gasteiger partial charge in [0, 0.05) is 11.7 Å². The summed E-state index contributed by atoms with van der Waals surface area (Å²) in [5.41, 5.74) is 2.91. The second-order valence-corrected chi connectivity index (χ2v) is 10.1. The fraction of sp³-hybridized carbons (Fsp3) is 0.667. The predicted molar refractivity (Wildman–Crippen MR) is 110 cm³/mol. The highest BCUT2D eigenvalue weighted by atomic mass is 31.2. The average Bonchev–Trinajstić information content (AvgIpc) is 2.54. The van der Waals surface area contributed by atoms with Crippen molar-refractivity contribution in [1.29, 1.82) is 0 Å². The van der Waals surface area contributed by atoms with Crippen LogP contribution in [0.5, 0.6) is 5.75 Å². The van der Waals surface area contributed by atoms with Gasteiger partial charge in [-0.05, 0) is 37.7 Å². The largest absolute Gasteiger partial charge is 0.426 e. The van der Waals surface area contributed by atoms with Crippen molar-refractivity contribution in [3.05, 3.63) is 28.8 Å². The summed E-state index contributed by atoms with van der Waals surface area (Å²) in [6, 6.07) is 4.06. The van der Waals surface area contributed by atoms with Crippen molar-refractivity contribution in [3.63, 3.8) is 0 Å². The molecule has 0 spiro atoms. The summed E-state index contributed by atoms with van der Waals surface area (Å²) in [7, 11) is -3.13. The predicted octanol–water partition coefficient (Wildman–Crippen LogP) is 5.94. The molecule has 0 aliphatic rings. The standard InChI is InChI=1S/C21H35O5P/c1-8-11-24-27(23,13-9-2)25-12-10-19(22)26-20-17(4)14-16(3)15-18(20)21(5,6)7/h14-15H,8-13H2,1-7H3. The van der Waals surface area contributed by atoms with Gasteiger partial charge in [0.25, 0.3) is 0 Å². The summed E-state index contributed by atoms with van der Waals surface area (Å²) < 4.78 is 29.1. The number of hydrogen-bond donors (Lipinski definition) is 0. The normalized spacial score (nSPS) is 14.0. The Morgan fingerprint density at radius 1 is 1.04 bits per heavy atom. The Bertz CT molecular complexity index is 676. The van der Waals surface area contributed by atoms with E-state index in [1.54, 1.807) is 0 Å². The van der Waals surface area contributed by atoms with Gasteiger partial charge in [0.1, 0.15) is 5.75 Å². The molecule has 0 saturated carbocycles. The van der Waals surface area contributed by atoms with Gasteiger partial charge in [0.15, 0.2) is 0 Å². The average molecular weight is 398 g/mol. The van der Waals surface area contributed by atoms with E-state index in [0.29, 0.717) is 24.9 Å². The molecule has 5 nitrogen and oxygen atoms in total. The third-order valence-corrected chi connectivity index (χ3v) is 6.17. The van der Waals surface area contributed by atoms with E-state index in [4.69, 9.17) is 13.8 Å². The molecule has 1 atom stereocenters. The van der Waals surface area contributed by atoms with Crippen molar-refractivity contribution in [3.8, 4) is 5.75 Å². The molecule has 1 rings (SSSR count). The van der Waals surface area contributed by atoms with Crippen LogP contribution in [0.2, 0.25) is 0 Å². The molecular weight excluding hydrogens is 363 g/mol. The topological polar surface area (TPSA) is 61.8 Å². The highest BCUT2D eigenvalue weighted by molar-refractivity contribution is 7.53. The third kappa shape index (κ3) is 7.77. The first-order valence-corrected chi connectivity index (χ1v) is 11.5. The number of hydrogen-bond acceptors (Lipinski definition) is 5. The van der Waals surface area contributed by atoms with Crippen molar-refractivity contribution >= 4 is 13.6 Å². The van der Waals surface area contributed by atoms with Crippen LogP contribution in [0.3, 0.4) is 0 Å². The van der Waals surface area contributed by atoms with Gasteiger partial charge < -0.3 is 13.8 Å². The molecule has 0 heterocycles. The van der Waals surface area contributed by atoms with Crippen molar-refractivity contribution in [1.82, 2.24) is 0 Å². The monoisotopic (exact) mass is 398 g/mol. The first-order valence-electron chi connectivity index (χ1n) is 9.73. The number of carbonyl (C=O) groups is 1. The summed E-state index contributed by atoms with van der Waals surface area (Å²) in [4.78, 5) is 12.4. The highest BCUT2D eigenvalue weighted by Gasteiger charge is 2.25. The molecular formula is C21H35O5P. The lowest BCUT2D eigenvalue weighted by Crippen LogP contribution is -2.18. The van der Waals surface area contributed by atoms with E-state index in [2.05, 4.69) is 26.8 Å². The van der Waals surface area contributed by atoms with Crippen molar-refractivity contribution < 1.29 is 23.1 Å². The molecule has 0 aliphatic heterocycles. The maximum Gasteiger partial charge on any atom is 0.330 e. The SMILES string of the molecule is CCCOP(=O)(CCC)OCCC(=O)Oc1c(C)cc(C)cc1C(C)(C)C. The molecule has 0 saturated heterocycles. The van der Waals surface area contributed by atoms with Gasteiger partial charge in [-0.1, -0.05) is 52.3 Å². The molecule has 0 aliphatic carbocycles. The zero-order valence-corrected chi connectivity index (χ0v) is 18.8. The molecule has 0 aromatic heterocycles. The molecule has 0 N–H and O–H groups in total. The lowest BCUT2D eigenvalue weighted by atomic mass is 9.84. The molecule has 154 valence electrons. The maximum absolute atomic E-state index is 12.6. The number of carbonyl (C=O) groups excluding carboxylic acids is 1. The summed E-state index contributed by atoms with van der Waals surface area (Å²) >= 11 is 0. The van der Waals surface area contributed by atoms with Crippen LogP contribution in [0.15, 0.2) is 12.1 Å². The Labute approximate surface area is 164 Å². The van der Waals surface area contributed by atoms with Crippen LogP contribution in [0.25, 0.3) is 0 Å². The summed E-state index contributed by atoms with van der Waals surface area (Å²) in [5, 5.41) is 0. The van der Waals surface area contributed by atoms with Gasteiger partial charge >= 0.3 is 13.6 Å². The van der Waals surface area contributed by atoms with Gasteiger partial charge in [0.05, 0.1) is 19.6 Å². The number of esters is 1. The van der Waals surface area contributed by atoms with Gasteiger partial charge in [0.2, 0.25) is 0 Å². The van der Waals surface area contributed by atoms with E-state index >= 15 is 0 Å². The van der Waals surface area contributed by atoms with E-state index < -0.39 is 13.6 Å². The van der Waals surface area contributed by atoms with Crippen LogP contribution in [0, 0.1) is 13.8 Å². The number of ether oxygens (including phenoxy) is 1. The minimum atomic E-state index is -3.13. The summed E-state index contributed by atoms with van der Waals surface area (Å²) in [5.74, 6) is 0.211. The van der Waals surface area contributed by atoms with E-state index in [-0.39, 0.29) is 18.4 Å². The Hall–Kier alpha value is -1.16. The third-order valence-electron chi connectivity index (χ3n) is 4.03. The lowest BCUT2D eigenvalue weighted by Gasteiger charge is -2.24. The Balaban J connectivity index is 2.77. The Morgan fingerprint density at radius 2 is 1.67 bits per heavy atom. The summed E-state index contributed by atoms with van der Waals surface area (Å²) in [6.45, 7) is 14.5. The van der Waals surface area contributed by atoms with Crippen LogP contribution in [-0.4, -0.2) is 25.3 Å². The zero-order chi connectivity index (χ0) is 20.7. The van der Waals surface area contributed by atoms with Gasteiger partial charge in [-0.15, -0.1) is 0 Å². The van der Waals surface area contributed by atoms with Gasteiger partial charge in [-0.3, -0.25) is 9.36 Å². The first kappa shape index (κ1) is 23.9. The minimum Gasteiger partial charge on any atom is -0.426 e. The smallest absolute Gasteiger partial charge is 0.330 e. The first-order chi connectivity index (χ1) is 12.5. The van der Waals surface area contributed by atoms with Crippen molar-refractivity contribution in [2.75, 3.05) is 19.4 Å². The van der Waals surface area contributed by atoms with Crippen LogP contribution in [-0.2, 0) is 23.8 Å². The number of aryl methyl sites for hydroxylation is 2. The van der Waals surface area contributed by atoms with Crippen LogP contribution in [0.4, 0.5) is 0 Å². The lowest BCUT2D eigenvalue weighted by molar-refractivity contribution is -0.135. The summed E-state index contributed by atoms with van der Waals surface area (Å²) in [6.07, 6.45) is 1.84. The van der Waals surface area contributed by atoms with Gasteiger partial charge in [-0.25, -0.2) is 0 Å². The molecule has 6 heteroatoms. The van der Waals surface area contributed by atoms with E-state index in [0.717, 1.165) is 23.1 Å². The quantitative estimate of drug-likeness (QED) is 0.277. The van der Waals surface area contributed by atoms with E-state index in [1.807, 2.05) is 33.8 Å². The molecule has 0 bridgehead atoms. The molecule has 1 unspecified atom stereocenters. The maximum atomic E-state index is 12.6. The number of benzene rings is 1. The van der Waals surface area contributed by atoms with E-state index in [1.165, 1.54) is 0 Å². The molecule has 0 radical (unpaired) electrons. The molecule has 0 fully saturated rings. The molecule has 27 heavy (non-hydrogen) atoms. The fourth-order valence-electron chi connectivity index (χ4n) is 2.75. The molecule has 0 amide bonds. The second-order valence-electron chi connectivity index (χ2n) is 7.93. The second kappa shape index (κ2) is 10.4. The van der Waals surface area contributed by atoms with E-state index in [9.17, 15) is 9.36 Å². The van der Waals surface area contributed by atoms with Crippen LogP contribution < -0.4 is 4.74 Å². The van der Waals surface area contributed by atoms with Gasteiger partial charge in [-0.2, -0.15) is 0 Å². The fourth-order valence-corrected chi connectivity index (χ4v) is 4.46. The zero-order valence-electron chi connectivity index (χ0n) is 17.9. The van der Waals surface area contributed by atoms with Crippen LogP contribution >= 0.6 is 7.60 Å². The Morgan fingerprint density at radius 3 is 2.22 bits per heavy atom. The molecule has 1 aromatic rings. The van der Waals surface area contributed by atoms with Crippen molar-refractivity contribution in [2.45, 2.75) is 73.1 Å². The van der Waals surface area contributed by atoms with Crippen LogP contribution in [0.1, 0.15) is 70.6 Å². The highest BCUT2D eigenvalue weighted by Crippen LogP contribution is 2.48. The minimum absolute atomic E-state index is 0.0234. The molecule has 1 aromatic carbocycles. The van der Waals surface area contributed by atoms with Crippen molar-refractivity contribution in [2.24, 2.45) is 0 Å².